The molecule has 2 heterocycles. The van der Waals surface area contributed by atoms with Gasteiger partial charge < -0.3 is 10.0 Å². The number of likely N-dealkylation sites (tertiary alicyclic amines) is 1. The maximum atomic E-state index is 12.5. The molecule has 0 spiro atoms. The topological polar surface area (TPSA) is 57.6 Å². The molecule has 1 aliphatic heterocycles. The van der Waals surface area contributed by atoms with Crippen molar-refractivity contribution in [2.45, 2.75) is 38.6 Å². The van der Waals surface area contributed by atoms with Crippen molar-refractivity contribution in [1.29, 1.82) is 0 Å². The van der Waals surface area contributed by atoms with Gasteiger partial charge in [0, 0.05) is 6.54 Å². The van der Waals surface area contributed by atoms with Crippen molar-refractivity contribution >= 4 is 23.2 Å². The fraction of sp³-hybridized carbons (Fsp3) is 0.571. The van der Waals surface area contributed by atoms with Crippen molar-refractivity contribution in [2.75, 3.05) is 6.54 Å². The van der Waals surface area contributed by atoms with Crippen LogP contribution in [0.25, 0.3) is 0 Å². The number of thiophene rings is 1. The second kappa shape index (κ2) is 5.74. The van der Waals surface area contributed by atoms with E-state index in [1.165, 1.54) is 0 Å². The van der Waals surface area contributed by atoms with E-state index in [2.05, 4.69) is 0 Å². The molecule has 3 unspecified atom stereocenters. The fourth-order valence-corrected chi connectivity index (χ4v) is 3.31. The first-order valence-electron chi connectivity index (χ1n) is 6.56. The van der Waals surface area contributed by atoms with Crippen molar-refractivity contribution < 1.29 is 14.7 Å². The molecule has 1 aromatic rings. The number of carboxylic acids is 1. The molecule has 0 bridgehead atoms. The normalized spacial score (nSPS) is 25.1. The highest BCUT2D eigenvalue weighted by molar-refractivity contribution is 7.08. The highest BCUT2D eigenvalue weighted by atomic mass is 32.1. The summed E-state index contributed by atoms with van der Waals surface area (Å²) >= 11 is 1.55. The van der Waals surface area contributed by atoms with Crippen molar-refractivity contribution in [3.8, 4) is 0 Å². The molecule has 2 rings (SSSR count). The van der Waals surface area contributed by atoms with E-state index in [0.717, 1.165) is 12.0 Å². The Kier molecular flexibility index (Phi) is 4.24. The summed E-state index contributed by atoms with van der Waals surface area (Å²) in [7, 11) is 0. The number of hydrogen-bond acceptors (Lipinski definition) is 3. The third kappa shape index (κ3) is 2.97. The van der Waals surface area contributed by atoms with Gasteiger partial charge in [-0.15, -0.1) is 0 Å². The molecule has 0 aliphatic carbocycles. The number of nitrogens with zero attached hydrogens (tertiary/aromatic N) is 1. The van der Waals surface area contributed by atoms with Crippen molar-refractivity contribution in [3.05, 3.63) is 22.4 Å². The minimum atomic E-state index is -0.891. The lowest BCUT2D eigenvalue weighted by Crippen LogP contribution is -2.51. The smallest absolute Gasteiger partial charge is 0.326 e. The van der Waals surface area contributed by atoms with E-state index in [9.17, 15) is 14.7 Å². The van der Waals surface area contributed by atoms with Crippen LogP contribution in [0.1, 0.15) is 38.2 Å². The molecule has 0 aromatic carbocycles. The van der Waals surface area contributed by atoms with E-state index >= 15 is 0 Å². The van der Waals surface area contributed by atoms with Crippen LogP contribution in [0, 0.1) is 5.92 Å². The minimum Gasteiger partial charge on any atom is -0.480 e. The molecule has 1 aliphatic rings. The lowest BCUT2D eigenvalue weighted by atomic mass is 9.90. The average Bonchev–Trinajstić information content (AvgIpc) is 2.90. The van der Waals surface area contributed by atoms with Crippen LogP contribution in [-0.4, -0.2) is 34.5 Å². The summed E-state index contributed by atoms with van der Waals surface area (Å²) in [6.45, 7) is 4.44. The van der Waals surface area contributed by atoms with E-state index in [4.69, 9.17) is 0 Å². The number of carbonyl (C=O) groups excluding carboxylic acids is 1. The Labute approximate surface area is 117 Å². The zero-order chi connectivity index (χ0) is 14.0. The van der Waals surface area contributed by atoms with Gasteiger partial charge in [0.15, 0.2) is 0 Å². The standard InChI is InChI=1S/C14H19NO3S/c1-9-3-5-15(12(7-9)14(17)18)13(16)10(2)11-4-6-19-8-11/h4,6,8-10,12H,3,5,7H2,1-2H3,(H,17,18). The van der Waals surface area contributed by atoms with Gasteiger partial charge in [-0.2, -0.15) is 11.3 Å². The van der Waals surface area contributed by atoms with E-state index < -0.39 is 12.0 Å². The molecule has 3 atom stereocenters. The van der Waals surface area contributed by atoms with Crippen molar-refractivity contribution in [3.63, 3.8) is 0 Å². The molecule has 0 saturated carbocycles. The van der Waals surface area contributed by atoms with Crippen LogP contribution in [0.15, 0.2) is 16.8 Å². The fourth-order valence-electron chi connectivity index (χ4n) is 2.55. The van der Waals surface area contributed by atoms with Gasteiger partial charge in [0.2, 0.25) is 5.91 Å². The number of amides is 1. The second-order valence-electron chi connectivity index (χ2n) is 5.29. The average molecular weight is 281 g/mol. The van der Waals surface area contributed by atoms with Crippen molar-refractivity contribution in [2.24, 2.45) is 5.92 Å². The van der Waals surface area contributed by atoms with Crippen LogP contribution in [0.2, 0.25) is 0 Å². The molecular formula is C14H19NO3S. The minimum absolute atomic E-state index is 0.0716. The number of carboxylic acid groups (broad SMARTS) is 1. The van der Waals surface area contributed by atoms with E-state index in [-0.39, 0.29) is 11.8 Å². The Morgan fingerprint density at radius 1 is 1.53 bits per heavy atom. The third-order valence-electron chi connectivity index (χ3n) is 3.85. The zero-order valence-corrected chi connectivity index (χ0v) is 12.0. The largest absolute Gasteiger partial charge is 0.480 e. The molecule has 1 aromatic heterocycles. The summed E-state index contributed by atoms with van der Waals surface area (Å²) < 4.78 is 0. The summed E-state index contributed by atoms with van der Waals surface area (Å²) in [5.41, 5.74) is 0.970. The Morgan fingerprint density at radius 2 is 2.26 bits per heavy atom. The second-order valence-corrected chi connectivity index (χ2v) is 6.07. The maximum absolute atomic E-state index is 12.5. The number of piperidine rings is 1. The molecule has 104 valence electrons. The van der Waals surface area contributed by atoms with Crippen LogP contribution >= 0.6 is 11.3 Å². The monoisotopic (exact) mass is 281 g/mol. The molecular weight excluding hydrogens is 262 g/mol. The van der Waals surface area contributed by atoms with Gasteiger partial charge in [-0.3, -0.25) is 4.79 Å². The van der Waals surface area contributed by atoms with Crippen LogP contribution < -0.4 is 0 Å². The van der Waals surface area contributed by atoms with Gasteiger partial charge in [0.25, 0.3) is 0 Å². The van der Waals surface area contributed by atoms with E-state index in [0.29, 0.717) is 18.9 Å². The van der Waals surface area contributed by atoms with Gasteiger partial charge in [-0.1, -0.05) is 6.92 Å². The Balaban J connectivity index is 2.14. The summed E-state index contributed by atoms with van der Waals surface area (Å²) in [5, 5.41) is 13.2. The van der Waals surface area contributed by atoms with Crippen LogP contribution in [-0.2, 0) is 9.59 Å². The Bertz CT molecular complexity index is 457. The Hall–Kier alpha value is -1.36. The van der Waals surface area contributed by atoms with Gasteiger partial charge in [0.05, 0.1) is 5.92 Å². The summed E-state index contributed by atoms with van der Waals surface area (Å²) in [5.74, 6) is -0.863. The first-order valence-corrected chi connectivity index (χ1v) is 7.50. The van der Waals surface area contributed by atoms with E-state index in [1.54, 1.807) is 16.2 Å². The molecule has 1 amide bonds. The molecule has 1 saturated heterocycles. The lowest BCUT2D eigenvalue weighted by Gasteiger charge is -2.37. The van der Waals surface area contributed by atoms with Gasteiger partial charge >= 0.3 is 5.97 Å². The number of rotatable bonds is 3. The SMILES string of the molecule is CC1CCN(C(=O)C(C)c2ccsc2)C(C(=O)O)C1. The highest BCUT2D eigenvalue weighted by Crippen LogP contribution is 2.27. The lowest BCUT2D eigenvalue weighted by molar-refractivity contribution is -0.153. The summed E-state index contributed by atoms with van der Waals surface area (Å²) in [6.07, 6.45) is 1.43. The molecule has 0 radical (unpaired) electrons. The first kappa shape index (κ1) is 14.1. The first-order chi connectivity index (χ1) is 9.00. The van der Waals surface area contributed by atoms with Crippen LogP contribution in [0.5, 0.6) is 0 Å². The summed E-state index contributed by atoms with van der Waals surface area (Å²) in [6, 6.07) is 1.26. The number of aliphatic carboxylic acids is 1. The predicted octanol–water partition coefficient (Wildman–Crippen LogP) is 2.56. The van der Waals surface area contributed by atoms with Crippen molar-refractivity contribution in [1.82, 2.24) is 4.90 Å². The van der Waals surface area contributed by atoms with Crippen LogP contribution in [0.4, 0.5) is 0 Å². The van der Waals surface area contributed by atoms with Gasteiger partial charge in [-0.25, -0.2) is 4.79 Å². The van der Waals surface area contributed by atoms with E-state index in [1.807, 2.05) is 30.7 Å². The molecule has 4 nitrogen and oxygen atoms in total. The Morgan fingerprint density at radius 3 is 2.84 bits per heavy atom. The third-order valence-corrected chi connectivity index (χ3v) is 4.55. The number of hydrogen-bond donors (Lipinski definition) is 1. The maximum Gasteiger partial charge on any atom is 0.326 e. The molecule has 1 N–H and O–H groups in total. The molecule has 19 heavy (non-hydrogen) atoms. The number of carbonyl (C=O) groups is 2. The molecule has 1 fully saturated rings. The quantitative estimate of drug-likeness (QED) is 0.926. The molecule has 5 heteroatoms. The van der Waals surface area contributed by atoms with Gasteiger partial charge in [-0.05, 0) is 48.1 Å². The predicted molar refractivity (Wildman–Crippen MR) is 74.3 cm³/mol. The zero-order valence-electron chi connectivity index (χ0n) is 11.2. The highest BCUT2D eigenvalue weighted by Gasteiger charge is 2.36. The van der Waals surface area contributed by atoms with Crippen LogP contribution in [0.3, 0.4) is 0 Å². The van der Waals surface area contributed by atoms with Gasteiger partial charge in [0.1, 0.15) is 6.04 Å². The summed E-state index contributed by atoms with van der Waals surface area (Å²) in [4.78, 5) is 25.4.